The Bertz CT molecular complexity index is 1930. The van der Waals surface area contributed by atoms with Crippen LogP contribution in [0.15, 0.2) is 144 Å². The number of carbonyl (C=O) groups is 1. The van der Waals surface area contributed by atoms with Gasteiger partial charge in [0, 0.05) is 29.9 Å². The molecule has 5 aromatic carbocycles. The van der Waals surface area contributed by atoms with Gasteiger partial charge in [-0.15, -0.1) is 0 Å². The summed E-state index contributed by atoms with van der Waals surface area (Å²) >= 11 is 0. The summed E-state index contributed by atoms with van der Waals surface area (Å²) in [5.41, 5.74) is 19.4. The fourth-order valence-electron chi connectivity index (χ4n) is 5.80. The standard InChI is InChI=1S/C39H36N6O4/c40-45-41-27-33-13-8-7-12-32(33)26-39(38(47)44-43-34-14-5-2-6-15-34)36(30-18-16-29(17-19-30)28-10-3-1-4-11-28)49-37(42-39)31-20-22-35(23-21-31)48-25-9-24-46/h1-8,10-23,36,43,46H,9,24-27H2,(H,44,47)/t36-,39-/m0/s1. The van der Waals surface area contributed by atoms with Gasteiger partial charge in [-0.25, -0.2) is 4.99 Å². The maximum atomic E-state index is 14.6. The van der Waals surface area contributed by atoms with Crippen LogP contribution >= 0.6 is 0 Å². The average molecular weight is 653 g/mol. The third kappa shape index (κ3) is 7.73. The number of nitrogens with one attached hydrogen (secondary N) is 2. The van der Waals surface area contributed by atoms with E-state index < -0.39 is 17.6 Å². The van der Waals surface area contributed by atoms with Crippen LogP contribution in [0.3, 0.4) is 0 Å². The summed E-state index contributed by atoms with van der Waals surface area (Å²) < 4.78 is 12.4. The van der Waals surface area contributed by atoms with Gasteiger partial charge in [-0.1, -0.05) is 102 Å². The van der Waals surface area contributed by atoms with Crippen molar-refractivity contribution in [1.82, 2.24) is 5.43 Å². The highest BCUT2D eigenvalue weighted by Crippen LogP contribution is 2.43. The normalized spacial score (nSPS) is 16.5. The molecule has 0 spiro atoms. The first-order chi connectivity index (χ1) is 24.1. The molecule has 0 fully saturated rings. The van der Waals surface area contributed by atoms with Gasteiger partial charge in [-0.05, 0) is 69.7 Å². The van der Waals surface area contributed by atoms with Crippen LogP contribution in [0, 0.1) is 0 Å². The first-order valence-electron chi connectivity index (χ1n) is 16.0. The predicted molar refractivity (Wildman–Crippen MR) is 190 cm³/mol. The smallest absolute Gasteiger partial charge is 0.270 e. The van der Waals surface area contributed by atoms with Gasteiger partial charge in [0.05, 0.1) is 18.8 Å². The Kier molecular flexibility index (Phi) is 10.5. The third-order valence-electron chi connectivity index (χ3n) is 8.33. The molecule has 0 aromatic heterocycles. The number of aliphatic imine (C=N–C) groups is 1. The van der Waals surface area contributed by atoms with E-state index in [-0.39, 0.29) is 19.6 Å². The van der Waals surface area contributed by atoms with Crippen LogP contribution in [0.1, 0.15) is 34.8 Å². The first-order valence-corrected chi connectivity index (χ1v) is 16.0. The van der Waals surface area contributed by atoms with Gasteiger partial charge in [-0.3, -0.25) is 15.6 Å². The quantitative estimate of drug-likeness (QED) is 0.0373. The lowest BCUT2D eigenvalue weighted by Gasteiger charge is -2.31. The number of aliphatic hydroxyl groups excluding tert-OH is 1. The van der Waals surface area contributed by atoms with E-state index >= 15 is 0 Å². The highest BCUT2D eigenvalue weighted by atomic mass is 16.5. The number of hydrazine groups is 1. The number of carbonyl (C=O) groups excluding carboxylic acids is 1. The van der Waals surface area contributed by atoms with E-state index in [9.17, 15) is 4.79 Å². The molecule has 3 N–H and O–H groups in total. The van der Waals surface area contributed by atoms with Gasteiger partial charge in [0.25, 0.3) is 5.91 Å². The molecule has 2 atom stereocenters. The lowest BCUT2D eigenvalue weighted by molar-refractivity contribution is -0.128. The second-order valence-electron chi connectivity index (χ2n) is 11.6. The summed E-state index contributed by atoms with van der Waals surface area (Å²) in [6.45, 7) is 0.561. The first kappa shape index (κ1) is 32.8. The molecule has 0 radical (unpaired) electrons. The van der Waals surface area contributed by atoms with E-state index in [1.807, 2.05) is 133 Å². The van der Waals surface area contributed by atoms with Crippen molar-refractivity contribution in [3.8, 4) is 16.9 Å². The van der Waals surface area contributed by atoms with Crippen LogP contribution in [0.4, 0.5) is 5.69 Å². The van der Waals surface area contributed by atoms with E-state index in [1.54, 1.807) is 0 Å². The van der Waals surface area contributed by atoms with E-state index in [0.717, 1.165) is 27.8 Å². The van der Waals surface area contributed by atoms with Crippen molar-refractivity contribution in [3.63, 3.8) is 0 Å². The fraction of sp³-hybridized carbons (Fsp3) is 0.179. The number of nitrogens with zero attached hydrogens (tertiary/aromatic N) is 4. The van der Waals surface area contributed by atoms with E-state index in [1.165, 1.54) is 0 Å². The Labute approximate surface area is 284 Å². The molecule has 246 valence electrons. The van der Waals surface area contributed by atoms with Crippen molar-refractivity contribution >= 4 is 17.5 Å². The van der Waals surface area contributed by atoms with Crippen LogP contribution in [-0.2, 0) is 22.5 Å². The Morgan fingerprint density at radius 1 is 0.837 bits per heavy atom. The van der Waals surface area contributed by atoms with E-state index in [4.69, 9.17) is 25.1 Å². The summed E-state index contributed by atoms with van der Waals surface area (Å²) in [7, 11) is 0. The van der Waals surface area contributed by atoms with Crippen molar-refractivity contribution in [2.24, 2.45) is 10.1 Å². The number of hydrogen-bond acceptors (Lipinski definition) is 7. The Balaban J connectivity index is 1.44. The third-order valence-corrected chi connectivity index (χ3v) is 8.33. The molecule has 10 heteroatoms. The SMILES string of the molecule is [N-]=[N+]=NCc1ccccc1C[C@]1(C(=O)NNc2ccccc2)N=C(c2ccc(OCCCO)cc2)O[C@H]1c1ccc(-c2ccccc2)cc1. The lowest BCUT2D eigenvalue weighted by Crippen LogP contribution is -2.51. The van der Waals surface area contributed by atoms with Crippen molar-refractivity contribution in [3.05, 3.63) is 166 Å². The van der Waals surface area contributed by atoms with Crippen LogP contribution < -0.4 is 15.6 Å². The molecule has 0 unspecified atom stereocenters. The molecule has 1 aliphatic rings. The summed E-state index contributed by atoms with van der Waals surface area (Å²) in [6.07, 6.45) is -0.139. The minimum Gasteiger partial charge on any atom is -0.494 e. The molecular formula is C39H36N6O4. The monoisotopic (exact) mass is 652 g/mol. The molecule has 0 saturated carbocycles. The molecule has 6 rings (SSSR count). The minimum atomic E-state index is -1.48. The minimum absolute atomic E-state index is 0.0473. The Morgan fingerprint density at radius 2 is 1.47 bits per heavy atom. The highest BCUT2D eigenvalue weighted by molar-refractivity contribution is 6.01. The van der Waals surface area contributed by atoms with Gasteiger partial charge in [-0.2, -0.15) is 0 Å². The molecule has 0 bridgehead atoms. The van der Waals surface area contributed by atoms with E-state index in [2.05, 4.69) is 20.9 Å². The number of azide groups is 1. The molecule has 5 aromatic rings. The predicted octanol–water partition coefficient (Wildman–Crippen LogP) is 7.57. The largest absolute Gasteiger partial charge is 0.494 e. The van der Waals surface area contributed by atoms with E-state index in [0.29, 0.717) is 35.9 Å². The van der Waals surface area contributed by atoms with Crippen molar-refractivity contribution < 1.29 is 19.4 Å². The molecule has 10 nitrogen and oxygen atoms in total. The summed E-state index contributed by atoms with van der Waals surface area (Å²) in [5.74, 6) is 0.555. The number of hydrogen-bond donors (Lipinski definition) is 3. The molecule has 1 amide bonds. The van der Waals surface area contributed by atoms with Crippen LogP contribution in [0.2, 0.25) is 0 Å². The summed E-state index contributed by atoms with van der Waals surface area (Å²) in [5, 5.41) is 12.9. The average Bonchev–Trinajstić information content (AvgIpc) is 3.55. The molecule has 1 aliphatic heterocycles. The highest BCUT2D eigenvalue weighted by Gasteiger charge is 2.53. The number of amides is 1. The Morgan fingerprint density at radius 3 is 2.16 bits per heavy atom. The van der Waals surface area contributed by atoms with Gasteiger partial charge in [0.2, 0.25) is 5.90 Å². The van der Waals surface area contributed by atoms with Gasteiger partial charge in [0.15, 0.2) is 11.6 Å². The fourth-order valence-corrected chi connectivity index (χ4v) is 5.80. The summed E-state index contributed by atoms with van der Waals surface area (Å²) in [4.78, 5) is 22.7. The lowest BCUT2D eigenvalue weighted by atomic mass is 9.80. The van der Waals surface area contributed by atoms with Crippen molar-refractivity contribution in [1.29, 1.82) is 0 Å². The zero-order valence-corrected chi connectivity index (χ0v) is 26.8. The second-order valence-corrected chi connectivity index (χ2v) is 11.6. The molecule has 49 heavy (non-hydrogen) atoms. The number of benzene rings is 5. The molecule has 0 saturated heterocycles. The summed E-state index contributed by atoms with van der Waals surface area (Å²) in [6, 6.07) is 42.3. The van der Waals surface area contributed by atoms with Gasteiger partial charge < -0.3 is 14.6 Å². The van der Waals surface area contributed by atoms with Crippen LogP contribution in [-0.4, -0.2) is 35.7 Å². The molecule has 1 heterocycles. The van der Waals surface area contributed by atoms with Crippen LogP contribution in [0.5, 0.6) is 5.75 Å². The zero-order valence-electron chi connectivity index (χ0n) is 26.8. The molecule has 0 aliphatic carbocycles. The van der Waals surface area contributed by atoms with Gasteiger partial charge in [0.1, 0.15) is 5.75 Å². The maximum absolute atomic E-state index is 14.6. The number of ether oxygens (including phenoxy) is 2. The topological polar surface area (TPSA) is 141 Å². The Hall–Kier alpha value is -6.09. The van der Waals surface area contributed by atoms with Crippen molar-refractivity contribution in [2.75, 3.05) is 18.6 Å². The number of aliphatic hydroxyl groups is 1. The number of rotatable bonds is 14. The zero-order chi connectivity index (χ0) is 33.9. The number of anilines is 1. The maximum Gasteiger partial charge on any atom is 0.270 e. The number of para-hydroxylation sites is 1. The molecular weight excluding hydrogens is 616 g/mol. The van der Waals surface area contributed by atoms with Crippen molar-refractivity contribution in [2.45, 2.75) is 31.0 Å². The van der Waals surface area contributed by atoms with Crippen LogP contribution in [0.25, 0.3) is 21.6 Å². The second kappa shape index (κ2) is 15.7. The van der Waals surface area contributed by atoms with Gasteiger partial charge >= 0.3 is 0 Å².